The quantitative estimate of drug-likeness (QED) is 0.331. The number of alkyl halides is 2. The first-order valence-electron chi connectivity index (χ1n) is 8.45. The fraction of sp³-hybridized carbons (Fsp3) is 0.118. The number of halogens is 2. The highest BCUT2D eigenvalue weighted by molar-refractivity contribution is 7.99. The summed E-state index contributed by atoms with van der Waals surface area (Å²) in [5.74, 6) is 5.80. The van der Waals surface area contributed by atoms with Crippen molar-refractivity contribution in [2.24, 2.45) is 5.14 Å². The Bertz CT molecular complexity index is 1170. The van der Waals surface area contributed by atoms with Crippen molar-refractivity contribution >= 4 is 33.4 Å². The van der Waals surface area contributed by atoms with Crippen molar-refractivity contribution in [3.8, 4) is 17.1 Å². The number of rotatable bonds is 8. The predicted molar refractivity (Wildman–Crippen MR) is 109 cm³/mol. The Balaban J connectivity index is 1.60. The molecule has 0 aliphatic heterocycles. The van der Waals surface area contributed by atoms with Crippen molar-refractivity contribution in [2.45, 2.75) is 16.7 Å². The maximum absolute atomic E-state index is 12.2. The van der Waals surface area contributed by atoms with Gasteiger partial charge in [-0.2, -0.15) is 8.78 Å². The normalized spacial score (nSPS) is 11.5. The Labute approximate surface area is 179 Å². The Hall–Kier alpha value is -3.23. The lowest BCUT2D eigenvalue weighted by Crippen LogP contribution is -2.17. The molecule has 1 aromatic heterocycles. The van der Waals surface area contributed by atoms with Crippen LogP contribution in [-0.2, 0) is 14.8 Å². The van der Waals surface area contributed by atoms with Gasteiger partial charge in [0, 0.05) is 11.3 Å². The Morgan fingerprint density at radius 2 is 1.77 bits per heavy atom. The topological polar surface area (TPSA) is 155 Å². The molecule has 5 N–H and O–H groups in total. The number of ether oxygens (including phenoxy) is 1. The molecule has 31 heavy (non-hydrogen) atoms. The summed E-state index contributed by atoms with van der Waals surface area (Å²) in [4.78, 5) is 12.1. The Morgan fingerprint density at radius 3 is 2.35 bits per heavy atom. The molecule has 0 saturated heterocycles. The highest BCUT2D eigenvalue weighted by Gasteiger charge is 2.15. The minimum Gasteiger partial charge on any atom is -0.435 e. The average molecular weight is 470 g/mol. The molecule has 0 saturated carbocycles. The molecule has 0 unspecified atom stereocenters. The summed E-state index contributed by atoms with van der Waals surface area (Å²) in [6, 6.07) is 11.1. The van der Waals surface area contributed by atoms with E-state index in [1.807, 2.05) is 0 Å². The molecule has 14 heteroatoms. The molecule has 164 valence electrons. The fourth-order valence-electron chi connectivity index (χ4n) is 2.41. The van der Waals surface area contributed by atoms with Crippen LogP contribution in [0.25, 0.3) is 11.4 Å². The number of carbonyl (C=O) groups excluding carboxylic acids is 1. The van der Waals surface area contributed by atoms with Crippen molar-refractivity contribution in [1.29, 1.82) is 0 Å². The summed E-state index contributed by atoms with van der Waals surface area (Å²) in [5, 5.41) is 15.7. The summed E-state index contributed by atoms with van der Waals surface area (Å²) in [7, 11) is -3.82. The van der Waals surface area contributed by atoms with Crippen LogP contribution in [0.2, 0.25) is 0 Å². The van der Waals surface area contributed by atoms with E-state index in [9.17, 15) is 22.0 Å². The maximum atomic E-state index is 12.2. The van der Waals surface area contributed by atoms with Gasteiger partial charge in [0.15, 0.2) is 5.82 Å². The first-order chi connectivity index (χ1) is 14.6. The van der Waals surface area contributed by atoms with Gasteiger partial charge in [0.2, 0.25) is 21.1 Å². The molecule has 10 nitrogen and oxygen atoms in total. The van der Waals surface area contributed by atoms with E-state index in [4.69, 9.17) is 11.0 Å². The van der Waals surface area contributed by atoms with E-state index < -0.39 is 16.6 Å². The van der Waals surface area contributed by atoms with Gasteiger partial charge < -0.3 is 15.9 Å². The molecule has 0 aliphatic carbocycles. The molecular formula is C17H16F2N6O4S2. The van der Waals surface area contributed by atoms with Gasteiger partial charge in [-0.25, -0.2) is 18.2 Å². The number of primary sulfonamides is 1. The number of nitrogens with zero attached hydrogens (tertiary/aromatic N) is 3. The summed E-state index contributed by atoms with van der Waals surface area (Å²) in [5.41, 5.74) is 0.905. The number of nitrogens with two attached hydrogens (primary N) is 2. The molecule has 0 aliphatic rings. The molecule has 1 amide bonds. The number of anilines is 1. The van der Waals surface area contributed by atoms with E-state index in [0.717, 1.165) is 11.8 Å². The number of benzene rings is 2. The summed E-state index contributed by atoms with van der Waals surface area (Å²) in [6.45, 7) is -2.93. The number of aromatic nitrogens is 3. The third-order valence-electron chi connectivity index (χ3n) is 3.80. The lowest BCUT2D eigenvalue weighted by atomic mass is 10.2. The zero-order chi connectivity index (χ0) is 22.6. The van der Waals surface area contributed by atoms with Crippen LogP contribution in [0.4, 0.5) is 14.5 Å². The first kappa shape index (κ1) is 22.5. The molecule has 0 radical (unpaired) electrons. The molecule has 0 bridgehead atoms. The minimum atomic E-state index is -3.82. The van der Waals surface area contributed by atoms with Gasteiger partial charge in [0.1, 0.15) is 5.75 Å². The molecule has 3 aromatic rings. The largest absolute Gasteiger partial charge is 0.435 e. The molecule has 0 fully saturated rings. The number of thioether (sulfide) groups is 1. The van der Waals surface area contributed by atoms with Crippen molar-refractivity contribution in [3.63, 3.8) is 0 Å². The highest BCUT2D eigenvalue weighted by atomic mass is 32.2. The third-order valence-corrected chi connectivity index (χ3v) is 5.67. The molecule has 2 aromatic carbocycles. The minimum absolute atomic E-state index is 0.00907. The number of sulfonamides is 1. The van der Waals surface area contributed by atoms with Gasteiger partial charge in [0.05, 0.1) is 10.6 Å². The third kappa shape index (κ3) is 5.90. The predicted octanol–water partition coefficient (Wildman–Crippen LogP) is 1.64. The lowest BCUT2D eigenvalue weighted by Gasteiger charge is -2.07. The second-order valence-corrected chi connectivity index (χ2v) is 8.49. The van der Waals surface area contributed by atoms with Crippen LogP contribution < -0.4 is 21.0 Å². The highest BCUT2D eigenvalue weighted by Crippen LogP contribution is 2.24. The Morgan fingerprint density at radius 1 is 1.13 bits per heavy atom. The number of nitrogens with one attached hydrogen (secondary N) is 1. The van der Waals surface area contributed by atoms with Crippen LogP contribution in [0.1, 0.15) is 0 Å². The molecule has 0 atom stereocenters. The second kappa shape index (κ2) is 9.28. The van der Waals surface area contributed by atoms with Crippen LogP contribution in [0, 0.1) is 0 Å². The van der Waals surface area contributed by atoms with E-state index in [1.165, 1.54) is 53.2 Å². The summed E-state index contributed by atoms with van der Waals surface area (Å²) < 4.78 is 52.4. The van der Waals surface area contributed by atoms with Gasteiger partial charge in [0.25, 0.3) is 0 Å². The van der Waals surface area contributed by atoms with Crippen LogP contribution in [-0.4, -0.2) is 41.6 Å². The van der Waals surface area contributed by atoms with Crippen molar-refractivity contribution in [3.05, 3.63) is 48.5 Å². The van der Waals surface area contributed by atoms with E-state index >= 15 is 0 Å². The monoisotopic (exact) mass is 470 g/mol. The van der Waals surface area contributed by atoms with Crippen molar-refractivity contribution in [2.75, 3.05) is 16.9 Å². The molecule has 1 heterocycles. The standard InChI is InChI=1S/C17H16F2N6O4S2/c18-16(19)29-12-5-1-10(2-6-12)15-23-24-17(25(15)20)30-9-14(26)22-11-3-7-13(8-4-11)31(21,27)28/h1-8,16H,9,20H2,(H,22,26)(H2,21,27,28). The van der Waals surface area contributed by atoms with E-state index in [0.29, 0.717) is 11.3 Å². The van der Waals surface area contributed by atoms with Crippen molar-refractivity contribution in [1.82, 2.24) is 14.9 Å². The summed E-state index contributed by atoms with van der Waals surface area (Å²) in [6.07, 6.45) is 0. The second-order valence-electron chi connectivity index (χ2n) is 5.99. The van der Waals surface area contributed by atoms with Gasteiger partial charge >= 0.3 is 6.61 Å². The van der Waals surface area contributed by atoms with Crippen LogP contribution in [0.15, 0.2) is 58.6 Å². The average Bonchev–Trinajstić information content (AvgIpc) is 3.07. The zero-order valence-electron chi connectivity index (χ0n) is 15.6. The van der Waals surface area contributed by atoms with Gasteiger partial charge in [-0.05, 0) is 48.5 Å². The first-order valence-corrected chi connectivity index (χ1v) is 11.0. The molecular weight excluding hydrogens is 454 g/mol. The van der Waals surface area contributed by atoms with Gasteiger partial charge in [-0.15, -0.1) is 10.2 Å². The van der Waals surface area contributed by atoms with Crippen LogP contribution in [0.3, 0.4) is 0 Å². The van der Waals surface area contributed by atoms with E-state index in [1.54, 1.807) is 0 Å². The smallest absolute Gasteiger partial charge is 0.387 e. The van der Waals surface area contributed by atoms with E-state index in [-0.39, 0.29) is 33.3 Å². The fourth-order valence-corrected chi connectivity index (χ4v) is 3.58. The number of carbonyl (C=O) groups is 1. The number of nitrogen functional groups attached to an aromatic ring is 1. The number of hydrogen-bond donors (Lipinski definition) is 3. The zero-order valence-corrected chi connectivity index (χ0v) is 17.2. The maximum Gasteiger partial charge on any atom is 0.387 e. The van der Waals surface area contributed by atoms with Gasteiger partial charge in [-0.1, -0.05) is 11.8 Å². The van der Waals surface area contributed by atoms with E-state index in [2.05, 4.69) is 20.3 Å². The lowest BCUT2D eigenvalue weighted by molar-refractivity contribution is -0.113. The van der Waals surface area contributed by atoms with Crippen LogP contribution >= 0.6 is 11.8 Å². The van der Waals surface area contributed by atoms with Crippen molar-refractivity contribution < 1.29 is 26.7 Å². The molecule has 3 rings (SSSR count). The Kier molecular flexibility index (Phi) is 6.72. The van der Waals surface area contributed by atoms with Crippen LogP contribution in [0.5, 0.6) is 5.75 Å². The number of hydrogen-bond acceptors (Lipinski definition) is 8. The number of amides is 1. The van der Waals surface area contributed by atoms with Gasteiger partial charge in [-0.3, -0.25) is 4.79 Å². The SMILES string of the molecule is Nn1c(SCC(=O)Nc2ccc(S(N)(=O)=O)cc2)nnc1-c1ccc(OC(F)F)cc1. The summed E-state index contributed by atoms with van der Waals surface area (Å²) >= 11 is 1.02. The molecule has 0 spiro atoms.